The van der Waals surface area contributed by atoms with Crippen molar-refractivity contribution in [3.63, 3.8) is 0 Å². The summed E-state index contributed by atoms with van der Waals surface area (Å²) in [6.45, 7) is 1.44. The summed E-state index contributed by atoms with van der Waals surface area (Å²) >= 11 is 5.93. The number of methoxy groups -OCH3 is 1. The summed E-state index contributed by atoms with van der Waals surface area (Å²) in [7, 11) is 0.105. The monoisotopic (exact) mass is 395 g/mol. The van der Waals surface area contributed by atoms with Crippen molar-refractivity contribution in [2.45, 2.75) is 17.9 Å². The second-order valence-corrected chi connectivity index (χ2v) is 7.12. The zero-order valence-electron chi connectivity index (χ0n) is 14.4. The van der Waals surface area contributed by atoms with E-state index in [1.807, 2.05) is 0 Å². The predicted molar refractivity (Wildman–Crippen MR) is 100 cm³/mol. The molecule has 2 aromatic carbocycles. The lowest BCUT2D eigenvalue weighted by molar-refractivity contribution is -0.123. The smallest absolute Gasteiger partial charge is 0.340 e. The van der Waals surface area contributed by atoms with Crippen molar-refractivity contribution in [3.8, 4) is 5.75 Å². The third-order valence-electron chi connectivity index (χ3n) is 3.49. The summed E-state index contributed by atoms with van der Waals surface area (Å²) in [6.07, 6.45) is 0.387. The number of anilines is 1. The number of nitrogens with one attached hydrogen (secondary N) is 1. The van der Waals surface area contributed by atoms with Gasteiger partial charge in [-0.3, -0.25) is 9.00 Å². The normalized spacial score (nSPS) is 12.8. The molecule has 8 heteroatoms. The van der Waals surface area contributed by atoms with E-state index in [2.05, 4.69) is 5.32 Å². The Morgan fingerprint density at radius 3 is 2.54 bits per heavy atom. The first kappa shape index (κ1) is 19.9. The van der Waals surface area contributed by atoms with Crippen molar-refractivity contribution in [1.82, 2.24) is 0 Å². The highest BCUT2D eigenvalue weighted by Crippen LogP contribution is 2.28. The highest BCUT2D eigenvalue weighted by Gasteiger charge is 2.22. The van der Waals surface area contributed by atoms with Crippen LogP contribution >= 0.6 is 11.6 Å². The number of rotatable bonds is 6. The molecule has 1 N–H and O–H groups in total. The maximum atomic E-state index is 12.3. The van der Waals surface area contributed by atoms with Gasteiger partial charge < -0.3 is 14.8 Å². The van der Waals surface area contributed by atoms with E-state index in [0.717, 1.165) is 0 Å². The zero-order valence-corrected chi connectivity index (χ0v) is 16.0. The van der Waals surface area contributed by atoms with Gasteiger partial charge in [0.1, 0.15) is 5.75 Å². The molecular formula is C18H18ClNO5S. The molecule has 0 fully saturated rings. The molecule has 0 aliphatic carbocycles. The van der Waals surface area contributed by atoms with Crippen molar-refractivity contribution in [1.29, 1.82) is 0 Å². The van der Waals surface area contributed by atoms with Crippen LogP contribution in [0.15, 0.2) is 47.4 Å². The van der Waals surface area contributed by atoms with E-state index in [0.29, 0.717) is 21.4 Å². The first-order valence-electron chi connectivity index (χ1n) is 7.61. The number of carbonyl (C=O) groups excluding carboxylic acids is 2. The van der Waals surface area contributed by atoms with Gasteiger partial charge in [-0.25, -0.2) is 4.79 Å². The van der Waals surface area contributed by atoms with E-state index in [4.69, 9.17) is 21.1 Å². The number of carbonyl (C=O) groups is 2. The Kier molecular flexibility index (Phi) is 6.76. The van der Waals surface area contributed by atoms with Gasteiger partial charge in [-0.05, 0) is 37.3 Å². The number of benzene rings is 2. The van der Waals surface area contributed by atoms with Crippen LogP contribution in [0, 0.1) is 0 Å². The lowest BCUT2D eigenvalue weighted by atomic mass is 10.2. The van der Waals surface area contributed by atoms with Gasteiger partial charge in [-0.2, -0.15) is 0 Å². The lowest BCUT2D eigenvalue weighted by Crippen LogP contribution is -2.30. The molecular weight excluding hydrogens is 378 g/mol. The first-order chi connectivity index (χ1) is 12.3. The van der Waals surface area contributed by atoms with Crippen LogP contribution in [0.25, 0.3) is 0 Å². The van der Waals surface area contributed by atoms with Crippen LogP contribution in [0.5, 0.6) is 5.75 Å². The molecule has 0 spiro atoms. The first-order valence-corrected chi connectivity index (χ1v) is 9.55. The van der Waals surface area contributed by atoms with Crippen molar-refractivity contribution in [2.75, 3.05) is 18.7 Å². The van der Waals surface area contributed by atoms with Crippen LogP contribution in [-0.2, 0) is 20.3 Å². The van der Waals surface area contributed by atoms with Gasteiger partial charge >= 0.3 is 5.97 Å². The lowest BCUT2D eigenvalue weighted by Gasteiger charge is -2.16. The molecule has 0 bridgehead atoms. The summed E-state index contributed by atoms with van der Waals surface area (Å²) < 4.78 is 22.1. The van der Waals surface area contributed by atoms with Crippen molar-refractivity contribution >= 4 is 40.0 Å². The molecule has 0 saturated carbocycles. The van der Waals surface area contributed by atoms with Crippen LogP contribution < -0.4 is 10.1 Å². The number of ether oxygens (including phenoxy) is 2. The van der Waals surface area contributed by atoms with E-state index in [1.165, 1.54) is 32.4 Å². The molecule has 0 aromatic heterocycles. The van der Waals surface area contributed by atoms with Gasteiger partial charge in [0.15, 0.2) is 6.10 Å². The fourth-order valence-corrected chi connectivity index (χ4v) is 3.08. The Bertz CT molecular complexity index is 855. The fourth-order valence-electron chi connectivity index (χ4n) is 2.18. The zero-order chi connectivity index (χ0) is 19.3. The third kappa shape index (κ3) is 4.83. The second-order valence-electron chi connectivity index (χ2n) is 5.33. The molecule has 0 heterocycles. The maximum absolute atomic E-state index is 12.3. The van der Waals surface area contributed by atoms with Gasteiger partial charge in [-0.1, -0.05) is 23.7 Å². The van der Waals surface area contributed by atoms with E-state index in [9.17, 15) is 13.8 Å². The summed E-state index contributed by atoms with van der Waals surface area (Å²) in [5.41, 5.74) is 0.524. The standard InChI is InChI=1S/C18H18ClNO5S/c1-11(17(21)20-14-10-12(19)8-9-15(14)24-2)25-18(22)13-6-4-5-7-16(13)26(3)23/h4-11H,1-3H3,(H,20,21)/t11-,26+/m0/s1. The number of halogens is 1. The number of amides is 1. The Balaban J connectivity index is 2.11. The van der Waals surface area contributed by atoms with E-state index >= 15 is 0 Å². The molecule has 2 atom stereocenters. The van der Waals surface area contributed by atoms with Crippen LogP contribution in [0.2, 0.25) is 5.02 Å². The SMILES string of the molecule is COc1ccc(Cl)cc1NC(=O)[C@H](C)OC(=O)c1ccccc1[S@@](C)=O. The van der Waals surface area contributed by atoms with Crippen LogP contribution in [-0.4, -0.2) is 35.6 Å². The van der Waals surface area contributed by atoms with Gasteiger partial charge in [0, 0.05) is 11.3 Å². The fraction of sp³-hybridized carbons (Fsp3) is 0.222. The van der Waals surface area contributed by atoms with Crippen molar-refractivity contribution in [3.05, 3.63) is 53.1 Å². The van der Waals surface area contributed by atoms with Gasteiger partial charge in [-0.15, -0.1) is 0 Å². The minimum Gasteiger partial charge on any atom is -0.495 e. The minimum atomic E-state index is -1.36. The van der Waals surface area contributed by atoms with E-state index < -0.39 is 28.8 Å². The minimum absolute atomic E-state index is 0.160. The highest BCUT2D eigenvalue weighted by molar-refractivity contribution is 7.84. The Morgan fingerprint density at radius 1 is 1.19 bits per heavy atom. The molecule has 2 rings (SSSR count). The molecule has 2 aromatic rings. The molecule has 138 valence electrons. The number of hydrogen-bond acceptors (Lipinski definition) is 5. The molecule has 0 unspecified atom stereocenters. The molecule has 6 nitrogen and oxygen atoms in total. The summed E-state index contributed by atoms with van der Waals surface area (Å²) in [5, 5.41) is 3.03. The number of esters is 1. The largest absolute Gasteiger partial charge is 0.495 e. The molecule has 26 heavy (non-hydrogen) atoms. The summed E-state index contributed by atoms with van der Waals surface area (Å²) in [4.78, 5) is 25.0. The number of hydrogen-bond donors (Lipinski definition) is 1. The van der Waals surface area contributed by atoms with Crippen LogP contribution in [0.4, 0.5) is 5.69 Å². The Hall–Kier alpha value is -2.38. The average molecular weight is 396 g/mol. The van der Waals surface area contributed by atoms with Crippen molar-refractivity contribution in [2.24, 2.45) is 0 Å². The Labute approximate surface area is 158 Å². The van der Waals surface area contributed by atoms with Crippen molar-refractivity contribution < 1.29 is 23.3 Å². The van der Waals surface area contributed by atoms with E-state index in [1.54, 1.807) is 30.3 Å². The third-order valence-corrected chi connectivity index (χ3v) is 4.70. The molecule has 0 radical (unpaired) electrons. The molecule has 0 saturated heterocycles. The average Bonchev–Trinajstić information content (AvgIpc) is 2.61. The predicted octanol–water partition coefficient (Wildman–Crippen LogP) is 3.27. The summed E-state index contributed by atoms with van der Waals surface area (Å²) in [6, 6.07) is 11.2. The maximum Gasteiger partial charge on any atom is 0.340 e. The van der Waals surface area contributed by atoms with Crippen LogP contribution in [0.3, 0.4) is 0 Å². The van der Waals surface area contributed by atoms with Crippen LogP contribution in [0.1, 0.15) is 17.3 Å². The van der Waals surface area contributed by atoms with Gasteiger partial charge in [0.05, 0.1) is 34.1 Å². The highest BCUT2D eigenvalue weighted by atomic mass is 35.5. The molecule has 0 aliphatic rings. The molecule has 1 amide bonds. The summed E-state index contributed by atoms with van der Waals surface area (Å²) in [5.74, 6) is -0.849. The quantitative estimate of drug-likeness (QED) is 0.759. The Morgan fingerprint density at radius 2 is 1.88 bits per heavy atom. The second kappa shape index (κ2) is 8.82. The van der Waals surface area contributed by atoms with Gasteiger partial charge in [0.25, 0.3) is 5.91 Å². The van der Waals surface area contributed by atoms with Gasteiger partial charge in [0.2, 0.25) is 0 Å². The molecule has 0 aliphatic heterocycles. The van der Waals surface area contributed by atoms with E-state index in [-0.39, 0.29) is 5.56 Å². The topological polar surface area (TPSA) is 81.7 Å².